The molecule has 0 saturated carbocycles. The lowest BCUT2D eigenvalue weighted by Crippen LogP contribution is -2.03. The third-order valence-corrected chi connectivity index (χ3v) is 3.76. The average Bonchev–Trinajstić information content (AvgIpc) is 2.54. The lowest BCUT2D eigenvalue weighted by atomic mass is 10.1. The van der Waals surface area contributed by atoms with Crippen LogP contribution in [-0.4, -0.2) is 23.0 Å². The van der Waals surface area contributed by atoms with E-state index in [-0.39, 0.29) is 5.69 Å². The first-order chi connectivity index (χ1) is 10.6. The molecule has 2 aromatic heterocycles. The van der Waals surface area contributed by atoms with Crippen molar-refractivity contribution in [1.82, 2.24) is 9.97 Å². The van der Waals surface area contributed by atoms with E-state index in [1.807, 2.05) is 31.2 Å². The maximum atomic E-state index is 11.4. The van der Waals surface area contributed by atoms with Gasteiger partial charge < -0.3 is 4.74 Å². The van der Waals surface area contributed by atoms with Crippen LogP contribution in [0.15, 0.2) is 42.6 Å². The predicted octanol–water partition coefficient (Wildman–Crippen LogP) is 4.05. The van der Waals surface area contributed by atoms with Gasteiger partial charge in [-0.05, 0) is 36.6 Å². The number of carbonyl (C=O) groups is 1. The maximum absolute atomic E-state index is 11.4. The summed E-state index contributed by atoms with van der Waals surface area (Å²) in [5.41, 5.74) is 2.75. The topological polar surface area (TPSA) is 52.1 Å². The molecule has 5 heteroatoms. The quantitative estimate of drug-likeness (QED) is 0.670. The highest BCUT2D eigenvalue weighted by Crippen LogP contribution is 2.29. The fourth-order valence-electron chi connectivity index (χ4n) is 2.38. The Labute approximate surface area is 132 Å². The number of pyridine rings is 2. The van der Waals surface area contributed by atoms with Crippen molar-refractivity contribution in [2.75, 3.05) is 7.11 Å². The second-order valence-corrected chi connectivity index (χ2v) is 5.26. The largest absolute Gasteiger partial charge is 0.464 e. The van der Waals surface area contributed by atoms with Crippen LogP contribution in [0.25, 0.3) is 22.0 Å². The standard InChI is InChI=1S/C17H13ClN2O2/c1-10-16-11(4-3-5-13(16)18)8-15(20-10)12-6-7-14(19-9-12)17(21)22-2/h3-9H,1-2H3. The van der Waals surface area contributed by atoms with Crippen molar-refractivity contribution in [2.45, 2.75) is 6.92 Å². The minimum atomic E-state index is -0.457. The van der Waals surface area contributed by atoms with Crippen LogP contribution in [0.1, 0.15) is 16.2 Å². The zero-order valence-corrected chi connectivity index (χ0v) is 12.9. The van der Waals surface area contributed by atoms with Crippen molar-refractivity contribution in [2.24, 2.45) is 0 Å². The number of hydrogen-bond donors (Lipinski definition) is 0. The number of esters is 1. The fraction of sp³-hybridized carbons (Fsp3) is 0.118. The molecule has 0 bridgehead atoms. The molecule has 0 amide bonds. The molecule has 3 aromatic rings. The Hall–Kier alpha value is -2.46. The van der Waals surface area contributed by atoms with Crippen molar-refractivity contribution in [3.8, 4) is 11.3 Å². The Morgan fingerprint density at radius 3 is 2.73 bits per heavy atom. The summed E-state index contributed by atoms with van der Waals surface area (Å²) in [6, 6.07) is 11.1. The third kappa shape index (κ3) is 2.53. The molecule has 4 nitrogen and oxygen atoms in total. The van der Waals surface area contributed by atoms with Gasteiger partial charge in [0.15, 0.2) is 0 Å². The van der Waals surface area contributed by atoms with Crippen LogP contribution in [0.2, 0.25) is 5.02 Å². The van der Waals surface area contributed by atoms with Gasteiger partial charge >= 0.3 is 5.97 Å². The number of methoxy groups -OCH3 is 1. The van der Waals surface area contributed by atoms with Gasteiger partial charge in [-0.25, -0.2) is 9.78 Å². The number of hydrogen-bond acceptors (Lipinski definition) is 4. The van der Waals surface area contributed by atoms with Crippen molar-refractivity contribution in [3.63, 3.8) is 0 Å². The third-order valence-electron chi connectivity index (χ3n) is 3.44. The lowest BCUT2D eigenvalue weighted by molar-refractivity contribution is 0.0594. The van der Waals surface area contributed by atoms with Crippen LogP contribution in [0.5, 0.6) is 0 Å². The summed E-state index contributed by atoms with van der Waals surface area (Å²) in [5.74, 6) is -0.457. The number of aryl methyl sites for hydroxylation is 1. The minimum Gasteiger partial charge on any atom is -0.464 e. The van der Waals surface area contributed by atoms with Gasteiger partial charge in [-0.1, -0.05) is 23.7 Å². The summed E-state index contributed by atoms with van der Waals surface area (Å²) >= 11 is 6.23. The van der Waals surface area contributed by atoms with E-state index in [1.165, 1.54) is 7.11 Å². The molecule has 0 fully saturated rings. The van der Waals surface area contributed by atoms with Crippen LogP contribution in [0.4, 0.5) is 0 Å². The lowest BCUT2D eigenvalue weighted by Gasteiger charge is -2.08. The van der Waals surface area contributed by atoms with Gasteiger partial charge in [-0.2, -0.15) is 0 Å². The molecule has 3 rings (SSSR count). The van der Waals surface area contributed by atoms with E-state index in [4.69, 9.17) is 11.6 Å². The first kappa shape index (κ1) is 14.5. The number of aromatic nitrogens is 2. The molecule has 110 valence electrons. The molecule has 1 aromatic carbocycles. The van der Waals surface area contributed by atoms with Gasteiger partial charge in [-0.15, -0.1) is 0 Å². The highest BCUT2D eigenvalue weighted by molar-refractivity contribution is 6.35. The van der Waals surface area contributed by atoms with Crippen molar-refractivity contribution < 1.29 is 9.53 Å². The fourth-order valence-corrected chi connectivity index (χ4v) is 2.70. The second-order valence-electron chi connectivity index (χ2n) is 4.85. The Kier molecular flexibility index (Phi) is 3.77. The second kappa shape index (κ2) is 5.73. The molecule has 0 aliphatic carbocycles. The number of carbonyl (C=O) groups excluding carboxylic acids is 1. The number of rotatable bonds is 2. The summed E-state index contributed by atoms with van der Waals surface area (Å²) in [5, 5.41) is 2.66. The number of ether oxygens (including phenoxy) is 1. The van der Waals surface area contributed by atoms with Crippen LogP contribution in [0, 0.1) is 6.92 Å². The average molecular weight is 313 g/mol. The molecule has 0 spiro atoms. The number of nitrogens with zero attached hydrogens (tertiary/aromatic N) is 2. The Balaban J connectivity index is 2.09. The number of benzene rings is 1. The van der Waals surface area contributed by atoms with Gasteiger partial charge in [0, 0.05) is 22.8 Å². The molecule has 0 radical (unpaired) electrons. The minimum absolute atomic E-state index is 0.270. The number of fused-ring (bicyclic) bond motifs is 1. The Morgan fingerprint density at radius 2 is 2.05 bits per heavy atom. The van der Waals surface area contributed by atoms with Gasteiger partial charge in [0.05, 0.1) is 17.8 Å². The molecule has 0 N–H and O–H groups in total. The summed E-state index contributed by atoms with van der Waals surface area (Å²) < 4.78 is 4.64. The molecule has 22 heavy (non-hydrogen) atoms. The summed E-state index contributed by atoms with van der Waals surface area (Å²) in [4.78, 5) is 20.1. The highest BCUT2D eigenvalue weighted by Gasteiger charge is 2.10. The Morgan fingerprint density at radius 1 is 1.23 bits per heavy atom. The van der Waals surface area contributed by atoms with E-state index in [0.29, 0.717) is 5.02 Å². The first-order valence-corrected chi connectivity index (χ1v) is 7.08. The Bertz CT molecular complexity index is 860. The SMILES string of the molecule is COC(=O)c1ccc(-c2cc3cccc(Cl)c3c(C)n2)cn1. The molecule has 0 saturated heterocycles. The van der Waals surface area contributed by atoms with Crippen molar-refractivity contribution in [3.05, 3.63) is 59.0 Å². The summed E-state index contributed by atoms with van der Waals surface area (Å²) in [6.07, 6.45) is 1.62. The highest BCUT2D eigenvalue weighted by atomic mass is 35.5. The van der Waals surface area contributed by atoms with Gasteiger partial charge in [0.2, 0.25) is 0 Å². The molecule has 0 aliphatic rings. The molecule has 0 unspecified atom stereocenters. The molecular weight excluding hydrogens is 300 g/mol. The number of halogens is 1. The van der Waals surface area contributed by atoms with E-state index in [2.05, 4.69) is 14.7 Å². The summed E-state index contributed by atoms with van der Waals surface area (Å²) in [6.45, 7) is 1.92. The van der Waals surface area contributed by atoms with Crippen molar-refractivity contribution in [1.29, 1.82) is 0 Å². The van der Waals surface area contributed by atoms with E-state index >= 15 is 0 Å². The van der Waals surface area contributed by atoms with E-state index < -0.39 is 5.97 Å². The molecule has 0 aliphatic heterocycles. The van der Waals surface area contributed by atoms with E-state index in [9.17, 15) is 4.79 Å². The smallest absolute Gasteiger partial charge is 0.356 e. The van der Waals surface area contributed by atoms with Gasteiger partial charge in [0.25, 0.3) is 0 Å². The van der Waals surface area contributed by atoms with Gasteiger partial charge in [0.1, 0.15) is 5.69 Å². The summed E-state index contributed by atoms with van der Waals surface area (Å²) in [7, 11) is 1.33. The zero-order valence-electron chi connectivity index (χ0n) is 12.1. The zero-order chi connectivity index (χ0) is 15.7. The molecule has 0 atom stereocenters. The van der Waals surface area contributed by atoms with Crippen LogP contribution in [0.3, 0.4) is 0 Å². The van der Waals surface area contributed by atoms with Gasteiger partial charge in [-0.3, -0.25) is 4.98 Å². The predicted molar refractivity (Wildman–Crippen MR) is 86.1 cm³/mol. The van der Waals surface area contributed by atoms with Crippen LogP contribution >= 0.6 is 11.6 Å². The maximum Gasteiger partial charge on any atom is 0.356 e. The molecule has 2 heterocycles. The normalized spacial score (nSPS) is 10.7. The van der Waals surface area contributed by atoms with Crippen LogP contribution < -0.4 is 0 Å². The monoisotopic (exact) mass is 312 g/mol. The van der Waals surface area contributed by atoms with Crippen LogP contribution in [-0.2, 0) is 4.74 Å². The first-order valence-electron chi connectivity index (χ1n) is 6.71. The van der Waals surface area contributed by atoms with E-state index in [0.717, 1.165) is 27.7 Å². The van der Waals surface area contributed by atoms with Crippen molar-refractivity contribution >= 4 is 28.3 Å². The van der Waals surface area contributed by atoms with E-state index in [1.54, 1.807) is 18.3 Å². The molecular formula is C17H13ClN2O2.